The molecule has 4 heteroatoms. The third-order valence-corrected chi connectivity index (χ3v) is 4.15. The van der Waals surface area contributed by atoms with Crippen molar-refractivity contribution in [3.05, 3.63) is 0 Å². The molecule has 1 saturated carbocycles. The predicted octanol–water partition coefficient (Wildman–Crippen LogP) is 1.14. The number of hydrogen-bond acceptors (Lipinski definition) is 3. The van der Waals surface area contributed by atoms with Crippen LogP contribution in [0.2, 0.25) is 0 Å². The summed E-state index contributed by atoms with van der Waals surface area (Å²) in [7, 11) is 1.94. The van der Waals surface area contributed by atoms with Gasteiger partial charge in [0.1, 0.15) is 0 Å². The van der Waals surface area contributed by atoms with Crippen molar-refractivity contribution in [3.63, 3.8) is 0 Å². The largest absolute Gasteiger partial charge is 0.381 e. The van der Waals surface area contributed by atoms with Gasteiger partial charge in [0.05, 0.1) is 0 Å². The fourth-order valence-corrected chi connectivity index (χ4v) is 2.99. The molecule has 1 aliphatic heterocycles. The third-order valence-electron chi connectivity index (χ3n) is 4.15. The molecule has 0 aromatic carbocycles. The summed E-state index contributed by atoms with van der Waals surface area (Å²) in [6.07, 6.45) is 6.00. The van der Waals surface area contributed by atoms with Crippen LogP contribution in [-0.4, -0.2) is 43.2 Å². The summed E-state index contributed by atoms with van der Waals surface area (Å²) < 4.78 is 5.33. The van der Waals surface area contributed by atoms with Crippen LogP contribution < -0.4 is 5.73 Å². The molecule has 2 atom stereocenters. The van der Waals surface area contributed by atoms with Crippen LogP contribution in [0.5, 0.6) is 0 Å². The fraction of sp³-hybridized carbons (Fsp3) is 0.923. The van der Waals surface area contributed by atoms with Gasteiger partial charge >= 0.3 is 0 Å². The normalized spacial score (nSPS) is 31.2. The number of amides is 1. The summed E-state index contributed by atoms with van der Waals surface area (Å²) in [6.45, 7) is 1.57. The molecule has 1 amide bonds. The molecule has 4 nitrogen and oxygen atoms in total. The van der Waals surface area contributed by atoms with Crippen molar-refractivity contribution < 1.29 is 9.53 Å². The first-order valence-corrected chi connectivity index (χ1v) is 6.78. The lowest BCUT2D eigenvalue weighted by Gasteiger charge is -2.35. The molecule has 0 aromatic rings. The van der Waals surface area contributed by atoms with E-state index >= 15 is 0 Å². The van der Waals surface area contributed by atoms with Gasteiger partial charge in [-0.3, -0.25) is 4.79 Å². The molecule has 0 bridgehead atoms. The molecule has 1 saturated heterocycles. The van der Waals surface area contributed by atoms with Crippen molar-refractivity contribution in [2.75, 3.05) is 20.3 Å². The first kappa shape index (κ1) is 12.8. The van der Waals surface area contributed by atoms with Crippen LogP contribution in [0.3, 0.4) is 0 Å². The van der Waals surface area contributed by atoms with Gasteiger partial charge in [0.15, 0.2) is 0 Å². The van der Waals surface area contributed by atoms with Crippen LogP contribution >= 0.6 is 0 Å². The van der Waals surface area contributed by atoms with E-state index in [1.54, 1.807) is 0 Å². The lowest BCUT2D eigenvalue weighted by atomic mass is 9.85. The lowest BCUT2D eigenvalue weighted by Crippen LogP contribution is -2.45. The van der Waals surface area contributed by atoms with Crippen molar-refractivity contribution in [2.45, 2.75) is 50.6 Å². The fourth-order valence-electron chi connectivity index (χ4n) is 2.99. The van der Waals surface area contributed by atoms with E-state index in [4.69, 9.17) is 10.5 Å². The van der Waals surface area contributed by atoms with Crippen molar-refractivity contribution in [2.24, 2.45) is 11.7 Å². The maximum Gasteiger partial charge on any atom is 0.225 e. The van der Waals surface area contributed by atoms with Gasteiger partial charge in [-0.25, -0.2) is 0 Å². The zero-order valence-corrected chi connectivity index (χ0v) is 10.7. The maximum absolute atomic E-state index is 12.4. The standard InChI is InChI=1S/C13H24N2O2/c1-15(12-5-7-17-8-6-12)13(16)10-3-2-4-11(14)9-10/h10-12H,2-9,14H2,1H3. The Kier molecular flexibility index (Phi) is 4.40. The molecule has 1 aliphatic carbocycles. The van der Waals surface area contributed by atoms with E-state index in [2.05, 4.69) is 0 Å². The first-order chi connectivity index (χ1) is 8.18. The topological polar surface area (TPSA) is 55.6 Å². The highest BCUT2D eigenvalue weighted by Gasteiger charge is 2.31. The molecule has 0 radical (unpaired) electrons. The Morgan fingerprint density at radius 3 is 2.59 bits per heavy atom. The Hall–Kier alpha value is -0.610. The summed E-state index contributed by atoms with van der Waals surface area (Å²) in [5.74, 6) is 0.457. The van der Waals surface area contributed by atoms with Crippen molar-refractivity contribution in [1.82, 2.24) is 4.90 Å². The van der Waals surface area contributed by atoms with Crippen LogP contribution in [0.1, 0.15) is 38.5 Å². The van der Waals surface area contributed by atoms with Crippen molar-refractivity contribution in [1.29, 1.82) is 0 Å². The van der Waals surface area contributed by atoms with Gasteiger partial charge in [-0.05, 0) is 32.1 Å². The van der Waals surface area contributed by atoms with E-state index in [1.807, 2.05) is 11.9 Å². The molecule has 2 N–H and O–H groups in total. The molecule has 0 aromatic heterocycles. The minimum Gasteiger partial charge on any atom is -0.381 e. The minimum atomic E-state index is 0.159. The van der Waals surface area contributed by atoms with Crippen LogP contribution in [-0.2, 0) is 9.53 Å². The van der Waals surface area contributed by atoms with Gasteiger partial charge in [0.25, 0.3) is 0 Å². The van der Waals surface area contributed by atoms with Crippen LogP contribution in [0.15, 0.2) is 0 Å². The Morgan fingerprint density at radius 2 is 1.94 bits per heavy atom. The third kappa shape index (κ3) is 3.19. The number of carbonyl (C=O) groups is 1. The van der Waals surface area contributed by atoms with E-state index in [0.717, 1.165) is 51.7 Å². The molecule has 2 unspecified atom stereocenters. The monoisotopic (exact) mass is 240 g/mol. The molecule has 2 rings (SSSR count). The molecule has 0 spiro atoms. The predicted molar refractivity (Wildman–Crippen MR) is 66.5 cm³/mol. The zero-order valence-electron chi connectivity index (χ0n) is 10.7. The highest BCUT2D eigenvalue weighted by molar-refractivity contribution is 5.79. The molecule has 2 fully saturated rings. The number of rotatable bonds is 2. The maximum atomic E-state index is 12.4. The van der Waals surface area contributed by atoms with E-state index in [-0.39, 0.29) is 12.0 Å². The molecule has 17 heavy (non-hydrogen) atoms. The Bertz CT molecular complexity index is 264. The van der Waals surface area contributed by atoms with Gasteiger partial charge in [0, 0.05) is 38.3 Å². The number of carbonyl (C=O) groups excluding carboxylic acids is 1. The highest BCUT2D eigenvalue weighted by atomic mass is 16.5. The number of nitrogens with two attached hydrogens (primary N) is 1. The second-order valence-corrected chi connectivity index (χ2v) is 5.42. The summed E-state index contributed by atoms with van der Waals surface area (Å²) in [5.41, 5.74) is 5.95. The Labute approximate surface area is 103 Å². The Balaban J connectivity index is 1.89. The van der Waals surface area contributed by atoms with Gasteiger partial charge in [-0.1, -0.05) is 6.42 Å². The highest BCUT2D eigenvalue weighted by Crippen LogP contribution is 2.26. The molecule has 98 valence electrons. The van der Waals surface area contributed by atoms with Gasteiger partial charge in [-0.2, -0.15) is 0 Å². The minimum absolute atomic E-state index is 0.159. The smallest absolute Gasteiger partial charge is 0.225 e. The van der Waals surface area contributed by atoms with E-state index < -0.39 is 0 Å². The van der Waals surface area contributed by atoms with Gasteiger partial charge in [-0.15, -0.1) is 0 Å². The number of nitrogens with zero attached hydrogens (tertiary/aromatic N) is 1. The first-order valence-electron chi connectivity index (χ1n) is 6.78. The lowest BCUT2D eigenvalue weighted by molar-refractivity contribution is -0.139. The van der Waals surface area contributed by atoms with E-state index in [9.17, 15) is 4.79 Å². The summed E-state index contributed by atoms with van der Waals surface area (Å²) in [4.78, 5) is 14.3. The molecular formula is C13H24N2O2. The summed E-state index contributed by atoms with van der Waals surface area (Å²) in [5, 5.41) is 0. The van der Waals surface area contributed by atoms with Gasteiger partial charge < -0.3 is 15.4 Å². The average molecular weight is 240 g/mol. The zero-order chi connectivity index (χ0) is 12.3. The summed E-state index contributed by atoms with van der Waals surface area (Å²) >= 11 is 0. The van der Waals surface area contributed by atoms with E-state index in [1.165, 1.54) is 0 Å². The van der Waals surface area contributed by atoms with Crippen LogP contribution in [0.25, 0.3) is 0 Å². The molecule has 2 aliphatic rings. The van der Waals surface area contributed by atoms with Gasteiger partial charge in [0.2, 0.25) is 5.91 Å². The SMILES string of the molecule is CN(C(=O)C1CCCC(N)C1)C1CCOCC1. The second-order valence-electron chi connectivity index (χ2n) is 5.42. The van der Waals surface area contributed by atoms with Crippen LogP contribution in [0, 0.1) is 5.92 Å². The summed E-state index contributed by atoms with van der Waals surface area (Å²) in [6, 6.07) is 0.593. The second kappa shape index (κ2) is 5.83. The number of hydrogen-bond donors (Lipinski definition) is 1. The molecular weight excluding hydrogens is 216 g/mol. The van der Waals surface area contributed by atoms with Crippen molar-refractivity contribution in [3.8, 4) is 0 Å². The Morgan fingerprint density at radius 1 is 1.24 bits per heavy atom. The number of ether oxygens (including phenoxy) is 1. The average Bonchev–Trinajstić information content (AvgIpc) is 2.38. The van der Waals surface area contributed by atoms with Crippen molar-refractivity contribution >= 4 is 5.91 Å². The van der Waals surface area contributed by atoms with Crippen LogP contribution in [0.4, 0.5) is 0 Å². The quantitative estimate of drug-likeness (QED) is 0.787. The van der Waals surface area contributed by atoms with E-state index in [0.29, 0.717) is 11.9 Å². The molecule has 1 heterocycles.